The van der Waals surface area contributed by atoms with Crippen molar-refractivity contribution in [3.8, 4) is 16.9 Å². The number of alkyl halides is 3. The van der Waals surface area contributed by atoms with Gasteiger partial charge in [-0.1, -0.05) is 36.4 Å². The molecule has 0 radical (unpaired) electrons. The number of hydrogen-bond acceptors (Lipinski definition) is 3. The van der Waals surface area contributed by atoms with E-state index in [0.29, 0.717) is 5.56 Å². The van der Waals surface area contributed by atoms with Crippen LogP contribution in [-0.4, -0.2) is 18.1 Å². The maximum atomic E-state index is 12.4. The maximum Gasteiger partial charge on any atom is 0.491 e. The molecule has 0 bridgehead atoms. The molecular formula is C15H10F3NO3. The van der Waals surface area contributed by atoms with Gasteiger partial charge in [0, 0.05) is 5.56 Å². The minimum Gasteiger partial charge on any atom is -0.419 e. The van der Waals surface area contributed by atoms with E-state index in [0.717, 1.165) is 0 Å². The molecule has 0 atom stereocenters. The first-order valence-electron chi connectivity index (χ1n) is 6.08. The van der Waals surface area contributed by atoms with E-state index in [1.165, 1.54) is 18.2 Å². The van der Waals surface area contributed by atoms with Crippen LogP contribution in [0, 0.1) is 0 Å². The molecule has 4 nitrogen and oxygen atoms in total. The van der Waals surface area contributed by atoms with Crippen LogP contribution in [-0.2, 0) is 4.79 Å². The van der Waals surface area contributed by atoms with Crippen molar-refractivity contribution in [1.82, 2.24) is 0 Å². The van der Waals surface area contributed by atoms with Crippen molar-refractivity contribution >= 4 is 11.9 Å². The van der Waals surface area contributed by atoms with E-state index < -0.39 is 18.1 Å². The van der Waals surface area contributed by atoms with Crippen molar-refractivity contribution in [2.24, 2.45) is 5.73 Å². The third kappa shape index (κ3) is 3.25. The minimum absolute atomic E-state index is 0.0354. The Hall–Kier alpha value is -2.83. The molecule has 2 aromatic rings. The van der Waals surface area contributed by atoms with Crippen molar-refractivity contribution in [3.63, 3.8) is 0 Å². The Balaban J connectivity index is 2.58. The van der Waals surface area contributed by atoms with Crippen molar-refractivity contribution in [2.75, 3.05) is 0 Å². The standard InChI is InChI=1S/C15H10F3NO3/c16-15(17,18)14(21)22-11-8-4-7-10(13(19)20)12(11)9-5-2-1-3-6-9/h1-8H,(H2,19,20). The number of carbonyl (C=O) groups is 2. The van der Waals surface area contributed by atoms with Gasteiger partial charge in [-0.05, 0) is 17.7 Å². The summed E-state index contributed by atoms with van der Waals surface area (Å²) in [5.41, 5.74) is 5.63. The van der Waals surface area contributed by atoms with Gasteiger partial charge in [0.1, 0.15) is 5.75 Å². The topological polar surface area (TPSA) is 69.4 Å². The molecule has 0 aliphatic rings. The fourth-order valence-electron chi connectivity index (χ4n) is 1.88. The number of rotatable bonds is 3. The molecule has 114 valence electrons. The summed E-state index contributed by atoms with van der Waals surface area (Å²) in [6, 6.07) is 11.9. The maximum absolute atomic E-state index is 12.4. The SMILES string of the molecule is NC(=O)c1cccc(OC(=O)C(F)(F)F)c1-c1ccccc1. The number of esters is 1. The minimum atomic E-state index is -5.14. The highest BCUT2D eigenvalue weighted by Crippen LogP contribution is 2.34. The van der Waals surface area contributed by atoms with E-state index in [-0.39, 0.29) is 16.9 Å². The van der Waals surface area contributed by atoms with Gasteiger partial charge >= 0.3 is 12.1 Å². The molecule has 0 fully saturated rings. The molecule has 0 unspecified atom stereocenters. The lowest BCUT2D eigenvalue weighted by molar-refractivity contribution is -0.189. The molecule has 0 aliphatic carbocycles. The summed E-state index contributed by atoms with van der Waals surface area (Å²) in [4.78, 5) is 22.5. The van der Waals surface area contributed by atoms with Gasteiger partial charge in [0.15, 0.2) is 0 Å². The second-order valence-electron chi connectivity index (χ2n) is 4.30. The van der Waals surface area contributed by atoms with Crippen LogP contribution >= 0.6 is 0 Å². The number of halogens is 3. The summed E-state index contributed by atoms with van der Waals surface area (Å²) in [6.45, 7) is 0. The van der Waals surface area contributed by atoms with Gasteiger partial charge in [-0.15, -0.1) is 0 Å². The van der Waals surface area contributed by atoms with Gasteiger partial charge in [-0.2, -0.15) is 13.2 Å². The van der Waals surface area contributed by atoms with Gasteiger partial charge in [0.25, 0.3) is 0 Å². The smallest absolute Gasteiger partial charge is 0.419 e. The zero-order chi connectivity index (χ0) is 16.3. The molecule has 7 heteroatoms. The number of amides is 1. The Morgan fingerprint density at radius 3 is 2.14 bits per heavy atom. The highest BCUT2D eigenvalue weighted by molar-refractivity contribution is 6.02. The summed E-state index contributed by atoms with van der Waals surface area (Å²) in [5, 5.41) is 0. The van der Waals surface area contributed by atoms with E-state index in [4.69, 9.17) is 5.73 Å². The van der Waals surface area contributed by atoms with Gasteiger partial charge in [0.05, 0.1) is 5.56 Å². The summed E-state index contributed by atoms with van der Waals surface area (Å²) in [6.07, 6.45) is -5.14. The van der Waals surface area contributed by atoms with Crippen molar-refractivity contribution < 1.29 is 27.5 Å². The van der Waals surface area contributed by atoms with Crippen molar-refractivity contribution in [2.45, 2.75) is 6.18 Å². The molecule has 0 saturated carbocycles. The Labute approximate surface area is 123 Å². The lowest BCUT2D eigenvalue weighted by atomic mass is 9.98. The average molecular weight is 309 g/mol. The van der Waals surface area contributed by atoms with E-state index in [9.17, 15) is 22.8 Å². The second kappa shape index (κ2) is 5.88. The molecule has 2 aromatic carbocycles. The number of hydrogen-bond donors (Lipinski definition) is 1. The number of ether oxygens (including phenoxy) is 1. The summed E-state index contributed by atoms with van der Waals surface area (Å²) in [7, 11) is 0. The average Bonchev–Trinajstić information content (AvgIpc) is 2.46. The lowest BCUT2D eigenvalue weighted by Gasteiger charge is -2.14. The highest BCUT2D eigenvalue weighted by atomic mass is 19.4. The first kappa shape index (κ1) is 15.6. The lowest BCUT2D eigenvalue weighted by Crippen LogP contribution is -2.28. The summed E-state index contributed by atoms with van der Waals surface area (Å²) < 4.78 is 41.5. The molecule has 0 saturated heterocycles. The third-order valence-corrected chi connectivity index (χ3v) is 2.79. The Bertz CT molecular complexity index is 712. The van der Waals surface area contributed by atoms with E-state index in [1.54, 1.807) is 30.3 Å². The molecule has 22 heavy (non-hydrogen) atoms. The van der Waals surface area contributed by atoms with Crippen LogP contribution in [0.2, 0.25) is 0 Å². The first-order chi connectivity index (χ1) is 10.3. The zero-order valence-corrected chi connectivity index (χ0v) is 11.1. The zero-order valence-electron chi connectivity index (χ0n) is 11.1. The fourth-order valence-corrected chi connectivity index (χ4v) is 1.88. The van der Waals surface area contributed by atoms with Gasteiger partial charge in [0.2, 0.25) is 5.91 Å². The van der Waals surface area contributed by atoms with Gasteiger partial charge in [-0.25, -0.2) is 4.79 Å². The fraction of sp³-hybridized carbons (Fsp3) is 0.0667. The Morgan fingerprint density at radius 2 is 1.59 bits per heavy atom. The van der Waals surface area contributed by atoms with Gasteiger partial charge in [-0.3, -0.25) is 4.79 Å². The Kier molecular flexibility index (Phi) is 4.16. The van der Waals surface area contributed by atoms with E-state index >= 15 is 0 Å². The van der Waals surface area contributed by atoms with Gasteiger partial charge < -0.3 is 10.5 Å². The number of nitrogens with two attached hydrogens (primary N) is 1. The van der Waals surface area contributed by atoms with Crippen LogP contribution in [0.15, 0.2) is 48.5 Å². The molecule has 2 rings (SSSR count). The monoisotopic (exact) mass is 309 g/mol. The number of carbonyl (C=O) groups excluding carboxylic acids is 2. The summed E-state index contributed by atoms with van der Waals surface area (Å²) in [5.74, 6) is -3.60. The second-order valence-corrected chi connectivity index (χ2v) is 4.30. The highest BCUT2D eigenvalue weighted by Gasteiger charge is 2.41. The molecule has 1 amide bonds. The normalized spacial score (nSPS) is 11.0. The van der Waals surface area contributed by atoms with Crippen LogP contribution in [0.4, 0.5) is 13.2 Å². The molecule has 0 spiro atoms. The van der Waals surface area contributed by atoms with Crippen molar-refractivity contribution in [1.29, 1.82) is 0 Å². The first-order valence-corrected chi connectivity index (χ1v) is 6.08. The van der Waals surface area contributed by atoms with Crippen LogP contribution < -0.4 is 10.5 Å². The predicted molar refractivity (Wildman–Crippen MR) is 72.1 cm³/mol. The van der Waals surface area contributed by atoms with Crippen LogP contribution in [0.1, 0.15) is 10.4 Å². The third-order valence-electron chi connectivity index (χ3n) is 2.79. The summed E-state index contributed by atoms with van der Waals surface area (Å²) >= 11 is 0. The molecule has 0 aromatic heterocycles. The number of benzene rings is 2. The quantitative estimate of drug-likeness (QED) is 0.700. The largest absolute Gasteiger partial charge is 0.491 e. The number of primary amides is 1. The van der Waals surface area contributed by atoms with E-state index in [1.807, 2.05) is 0 Å². The molecule has 2 N–H and O–H groups in total. The van der Waals surface area contributed by atoms with E-state index in [2.05, 4.69) is 4.74 Å². The van der Waals surface area contributed by atoms with Crippen LogP contribution in [0.3, 0.4) is 0 Å². The van der Waals surface area contributed by atoms with Crippen LogP contribution in [0.25, 0.3) is 11.1 Å². The molecular weight excluding hydrogens is 299 g/mol. The predicted octanol–water partition coefficient (Wildman–Crippen LogP) is 2.92. The Morgan fingerprint density at radius 1 is 0.955 bits per heavy atom. The van der Waals surface area contributed by atoms with Crippen LogP contribution in [0.5, 0.6) is 5.75 Å². The molecule has 0 aliphatic heterocycles. The molecule has 0 heterocycles. The van der Waals surface area contributed by atoms with Crippen molar-refractivity contribution in [3.05, 3.63) is 54.1 Å².